The Hall–Kier alpha value is -3.10. The van der Waals surface area contributed by atoms with E-state index in [9.17, 15) is 0 Å². The fourth-order valence-corrected chi connectivity index (χ4v) is 3.26. The van der Waals surface area contributed by atoms with Crippen LogP contribution in [0, 0.1) is 0 Å². The molecule has 2 aliphatic heterocycles. The molecule has 0 amide bonds. The highest BCUT2D eigenvalue weighted by Gasteiger charge is 2.29. The van der Waals surface area contributed by atoms with Gasteiger partial charge in [0.05, 0.1) is 6.26 Å². The van der Waals surface area contributed by atoms with Crippen LogP contribution < -0.4 is 10.6 Å². The number of hydrogen-bond donors (Lipinski definition) is 1. The second-order valence-corrected chi connectivity index (χ2v) is 5.96. The summed E-state index contributed by atoms with van der Waals surface area (Å²) in [6, 6.07) is 4.07. The Labute approximate surface area is 137 Å². The van der Waals surface area contributed by atoms with Crippen LogP contribution in [0.25, 0.3) is 17.4 Å². The number of hydrogen-bond acceptors (Lipinski definition) is 8. The average molecular weight is 324 g/mol. The number of nitrogens with two attached hydrogens (primary N) is 1. The molecule has 1 fully saturated rings. The first-order valence-corrected chi connectivity index (χ1v) is 7.89. The van der Waals surface area contributed by atoms with Crippen molar-refractivity contribution in [1.29, 1.82) is 0 Å². The van der Waals surface area contributed by atoms with E-state index in [-0.39, 0.29) is 5.95 Å². The lowest BCUT2D eigenvalue weighted by molar-refractivity contribution is 0.269. The molecule has 122 valence electrons. The average Bonchev–Trinajstić information content (AvgIpc) is 3.32. The molecule has 1 unspecified atom stereocenters. The molecule has 2 N–H and O–H groups in total. The second kappa shape index (κ2) is 4.95. The first-order chi connectivity index (χ1) is 11.8. The molecule has 0 saturated carbocycles. The van der Waals surface area contributed by atoms with Gasteiger partial charge in [0.25, 0.3) is 5.78 Å². The molecule has 0 aromatic carbocycles. The number of nitrogen functional groups attached to an aromatic ring is 1. The van der Waals surface area contributed by atoms with Crippen molar-refractivity contribution >= 4 is 17.7 Å². The maximum atomic E-state index is 6.07. The van der Waals surface area contributed by atoms with Crippen molar-refractivity contribution in [3.63, 3.8) is 0 Å². The van der Waals surface area contributed by atoms with E-state index < -0.39 is 0 Å². The van der Waals surface area contributed by atoms with Crippen LogP contribution in [0.15, 0.2) is 35.1 Å². The fourth-order valence-electron chi connectivity index (χ4n) is 3.26. The summed E-state index contributed by atoms with van der Waals surface area (Å²) in [6.07, 6.45) is 7.02. The molecule has 24 heavy (non-hydrogen) atoms. The topological polar surface area (TPSA) is 102 Å². The van der Waals surface area contributed by atoms with Gasteiger partial charge < -0.3 is 20.0 Å². The normalized spacial score (nSPS) is 20.1. The largest absolute Gasteiger partial charge is 0.461 e. The predicted molar refractivity (Wildman–Crippen MR) is 87.2 cm³/mol. The minimum absolute atomic E-state index is 0.271. The van der Waals surface area contributed by atoms with Gasteiger partial charge in [-0.2, -0.15) is 19.5 Å². The second-order valence-electron chi connectivity index (χ2n) is 5.96. The van der Waals surface area contributed by atoms with Crippen LogP contribution in [0.4, 0.5) is 11.9 Å². The third-order valence-corrected chi connectivity index (χ3v) is 4.48. The first-order valence-electron chi connectivity index (χ1n) is 7.89. The summed E-state index contributed by atoms with van der Waals surface area (Å²) in [4.78, 5) is 17.9. The number of fused-ring (bicyclic) bond motifs is 2. The first kappa shape index (κ1) is 13.3. The molecule has 2 aliphatic rings. The quantitative estimate of drug-likeness (QED) is 0.737. The third-order valence-electron chi connectivity index (χ3n) is 4.48. The Kier molecular flexibility index (Phi) is 2.75. The van der Waals surface area contributed by atoms with Crippen molar-refractivity contribution in [2.45, 2.75) is 12.5 Å². The van der Waals surface area contributed by atoms with E-state index in [1.165, 1.54) is 4.52 Å². The van der Waals surface area contributed by atoms with E-state index in [4.69, 9.17) is 10.2 Å². The molecule has 0 spiro atoms. The number of furan rings is 1. The lowest BCUT2D eigenvalue weighted by Crippen LogP contribution is -2.49. The number of rotatable bonds is 2. The van der Waals surface area contributed by atoms with Gasteiger partial charge in [-0.1, -0.05) is 6.08 Å². The molecule has 1 atom stereocenters. The van der Waals surface area contributed by atoms with Crippen LogP contribution in [0.1, 0.15) is 6.42 Å². The lowest BCUT2D eigenvalue weighted by atomic mass is 10.1. The number of aromatic nitrogens is 5. The minimum atomic E-state index is 0.271. The highest BCUT2D eigenvalue weighted by molar-refractivity contribution is 5.53. The SMILES string of the molecule is Nc1nc(N2CCN3C=CCC3C2)nc2nc(-c3ccco3)nn12. The van der Waals surface area contributed by atoms with Crippen LogP contribution in [-0.2, 0) is 0 Å². The van der Waals surface area contributed by atoms with E-state index >= 15 is 0 Å². The van der Waals surface area contributed by atoms with Crippen molar-refractivity contribution in [3.8, 4) is 11.6 Å². The van der Waals surface area contributed by atoms with Crippen LogP contribution in [0.2, 0.25) is 0 Å². The number of nitrogens with zero attached hydrogens (tertiary/aromatic N) is 7. The van der Waals surface area contributed by atoms with E-state index in [1.54, 1.807) is 18.4 Å². The lowest BCUT2D eigenvalue weighted by Gasteiger charge is -2.38. The van der Waals surface area contributed by atoms with Crippen molar-refractivity contribution in [2.24, 2.45) is 0 Å². The number of anilines is 2. The summed E-state index contributed by atoms with van der Waals surface area (Å²) in [5, 5.41) is 4.32. The Morgan fingerprint density at radius 1 is 1.21 bits per heavy atom. The highest BCUT2D eigenvalue weighted by Crippen LogP contribution is 2.23. The fraction of sp³-hybridized carbons (Fsp3) is 0.333. The summed E-state index contributed by atoms with van der Waals surface area (Å²) < 4.78 is 6.77. The molecule has 0 bridgehead atoms. The van der Waals surface area contributed by atoms with Crippen molar-refractivity contribution < 1.29 is 4.42 Å². The Morgan fingerprint density at radius 3 is 3.04 bits per heavy atom. The van der Waals surface area contributed by atoms with Gasteiger partial charge in [0.1, 0.15) is 0 Å². The number of piperazine rings is 1. The van der Waals surface area contributed by atoms with Crippen molar-refractivity contribution in [2.75, 3.05) is 30.3 Å². The Morgan fingerprint density at radius 2 is 2.17 bits per heavy atom. The predicted octanol–water partition coefficient (Wildman–Crippen LogP) is 0.769. The molecule has 9 nitrogen and oxygen atoms in total. The Bertz CT molecular complexity index is 915. The zero-order valence-electron chi connectivity index (χ0n) is 12.9. The maximum absolute atomic E-state index is 6.07. The van der Waals surface area contributed by atoms with Gasteiger partial charge in [0.2, 0.25) is 17.7 Å². The van der Waals surface area contributed by atoms with Gasteiger partial charge in [-0.25, -0.2) is 0 Å². The summed E-state index contributed by atoms with van der Waals surface area (Å²) in [5.41, 5.74) is 6.07. The molecule has 0 radical (unpaired) electrons. The summed E-state index contributed by atoms with van der Waals surface area (Å²) in [6.45, 7) is 2.69. The van der Waals surface area contributed by atoms with Gasteiger partial charge >= 0.3 is 0 Å². The highest BCUT2D eigenvalue weighted by atomic mass is 16.3. The van der Waals surface area contributed by atoms with Gasteiger partial charge in [-0.15, -0.1) is 5.10 Å². The molecule has 5 rings (SSSR count). The van der Waals surface area contributed by atoms with Gasteiger partial charge in [-0.3, -0.25) is 0 Å². The molecule has 5 heterocycles. The molecule has 3 aromatic heterocycles. The van der Waals surface area contributed by atoms with Crippen LogP contribution >= 0.6 is 0 Å². The Balaban J connectivity index is 1.51. The van der Waals surface area contributed by atoms with Crippen LogP contribution in [0.5, 0.6) is 0 Å². The standard InChI is InChI=1S/C15H16N8O/c16-13-18-14(22-7-6-21-5-1-3-10(21)9-22)19-15-17-12(20-23(13)15)11-4-2-8-24-11/h1-2,4-5,8,10H,3,6-7,9H2,(H2,16,17,18,19,20). The minimum Gasteiger partial charge on any atom is -0.461 e. The molecular formula is C15H16N8O. The molecular weight excluding hydrogens is 308 g/mol. The molecule has 3 aromatic rings. The summed E-state index contributed by atoms with van der Waals surface area (Å²) in [7, 11) is 0. The van der Waals surface area contributed by atoms with E-state index in [0.717, 1.165) is 26.1 Å². The third kappa shape index (κ3) is 2.01. The summed E-state index contributed by atoms with van der Waals surface area (Å²) in [5.74, 6) is 2.32. The summed E-state index contributed by atoms with van der Waals surface area (Å²) >= 11 is 0. The van der Waals surface area contributed by atoms with Crippen molar-refractivity contribution in [1.82, 2.24) is 29.5 Å². The van der Waals surface area contributed by atoms with Crippen LogP contribution in [-0.4, -0.2) is 55.1 Å². The van der Waals surface area contributed by atoms with Gasteiger partial charge in [0, 0.05) is 25.7 Å². The van der Waals surface area contributed by atoms with Gasteiger partial charge in [0.15, 0.2) is 5.76 Å². The van der Waals surface area contributed by atoms with E-state index in [2.05, 4.69) is 42.1 Å². The molecule has 1 saturated heterocycles. The van der Waals surface area contributed by atoms with Gasteiger partial charge in [-0.05, 0) is 24.8 Å². The molecule has 9 heteroatoms. The van der Waals surface area contributed by atoms with E-state index in [0.29, 0.717) is 29.4 Å². The zero-order valence-corrected chi connectivity index (χ0v) is 12.9. The zero-order chi connectivity index (χ0) is 16.1. The molecule has 0 aliphatic carbocycles. The van der Waals surface area contributed by atoms with Crippen LogP contribution in [0.3, 0.4) is 0 Å². The smallest absolute Gasteiger partial charge is 0.259 e. The van der Waals surface area contributed by atoms with Crippen molar-refractivity contribution in [3.05, 3.63) is 30.7 Å². The van der Waals surface area contributed by atoms with E-state index in [1.807, 2.05) is 0 Å². The monoisotopic (exact) mass is 324 g/mol. The maximum Gasteiger partial charge on any atom is 0.259 e.